The van der Waals surface area contributed by atoms with E-state index in [0.29, 0.717) is 0 Å². The summed E-state index contributed by atoms with van der Waals surface area (Å²) in [7, 11) is -3.52. The maximum Gasteiger partial charge on any atom is 0.242 e. The number of rotatable bonds is 3. The fourth-order valence-electron chi connectivity index (χ4n) is 0.167. The third-order valence-electron chi connectivity index (χ3n) is 0.545. The summed E-state index contributed by atoms with van der Waals surface area (Å²) in [6.07, 6.45) is 0. The summed E-state index contributed by atoms with van der Waals surface area (Å²) in [5.74, 6) is -0.264. The molecule has 0 aliphatic carbocycles. The van der Waals surface area contributed by atoms with Crippen LogP contribution < -0.4 is 0 Å². The first kappa shape index (κ1) is 9.78. The Morgan fingerprint density at radius 2 is 1.78 bits per heavy atom. The van der Waals surface area contributed by atoms with E-state index in [-0.39, 0.29) is 15.0 Å². The molecule has 0 atom stereocenters. The molecule has 0 fully saturated rings. The van der Waals surface area contributed by atoms with Crippen LogP contribution in [0.2, 0.25) is 0 Å². The van der Waals surface area contributed by atoms with Crippen LogP contribution in [0.5, 0.6) is 0 Å². The molecule has 0 aliphatic heterocycles. The molecule has 0 radical (unpaired) electrons. The van der Waals surface area contributed by atoms with Crippen LogP contribution in [0.1, 0.15) is 0 Å². The summed E-state index contributed by atoms with van der Waals surface area (Å²) in [6.45, 7) is 0. The van der Waals surface area contributed by atoms with Gasteiger partial charge in [-0.3, -0.25) is 0 Å². The van der Waals surface area contributed by atoms with Crippen LogP contribution in [-0.2, 0) is 10.0 Å². The molecule has 0 bridgehead atoms. The Labute approximate surface area is 68.8 Å². The minimum absolute atomic E-state index is 0.0156. The highest BCUT2D eigenvalue weighted by atomic mass is 35.5. The van der Waals surface area contributed by atoms with Crippen molar-refractivity contribution in [3.05, 3.63) is 0 Å². The summed E-state index contributed by atoms with van der Waals surface area (Å²) in [5, 5.41) is 0. The highest BCUT2D eigenvalue weighted by molar-refractivity contribution is 7.91. The third-order valence-corrected chi connectivity index (χ3v) is 3.36. The Kier molecular flexibility index (Phi) is 4.16. The number of nitrogens with zero attached hydrogens (tertiary/aromatic N) is 1. The van der Waals surface area contributed by atoms with E-state index in [1.165, 1.54) is 0 Å². The molecule has 0 unspecified atom stereocenters. The van der Waals surface area contributed by atoms with Gasteiger partial charge in [-0.15, -0.1) is 11.6 Å². The van der Waals surface area contributed by atoms with Gasteiger partial charge in [0.2, 0.25) is 10.0 Å². The van der Waals surface area contributed by atoms with E-state index in [9.17, 15) is 8.42 Å². The lowest BCUT2D eigenvalue weighted by Crippen LogP contribution is -2.16. The van der Waals surface area contributed by atoms with E-state index in [1.54, 1.807) is 0 Å². The molecule has 0 aromatic heterocycles. The Balaban J connectivity index is 4.05. The zero-order chi connectivity index (χ0) is 7.49. The maximum atomic E-state index is 10.5. The van der Waals surface area contributed by atoms with Gasteiger partial charge in [0.25, 0.3) is 0 Å². The Bertz CT molecular complexity index is 165. The number of alkyl halides is 1. The lowest BCUT2D eigenvalue weighted by molar-refractivity contribution is 0.581. The van der Waals surface area contributed by atoms with Gasteiger partial charge in [-0.05, 0) is 3.34 Å². The smallest absolute Gasteiger partial charge is 0.210 e. The second kappa shape index (κ2) is 3.83. The number of hydrogen-bond donors (Lipinski definition) is 0. The summed E-state index contributed by atoms with van der Waals surface area (Å²) in [4.78, 5) is 0. The molecule has 0 aromatic rings. The lowest BCUT2D eigenvalue weighted by atomic mass is 11.0. The summed E-state index contributed by atoms with van der Waals surface area (Å²) in [5.41, 5.74) is 0. The number of sulfonamides is 1. The summed E-state index contributed by atoms with van der Waals surface area (Å²) in [6, 6.07) is 0. The predicted octanol–water partition coefficient (Wildman–Crippen LogP) is 1.16. The van der Waals surface area contributed by atoms with Gasteiger partial charge in [0.1, 0.15) is 0 Å². The van der Waals surface area contributed by atoms with Gasteiger partial charge in [0.15, 0.2) is 0 Å². The molecule has 0 amide bonds. The van der Waals surface area contributed by atoms with Crippen molar-refractivity contribution in [2.24, 2.45) is 0 Å². The van der Waals surface area contributed by atoms with Crippen molar-refractivity contribution in [1.29, 1.82) is 0 Å². The SMILES string of the molecule is O=S(=O)(CCCl)N(Cl)Cl. The fraction of sp³-hybridized carbons (Fsp3) is 1.00. The molecule has 0 spiro atoms. The van der Waals surface area contributed by atoms with E-state index >= 15 is 0 Å². The van der Waals surface area contributed by atoms with Crippen LogP contribution in [-0.4, -0.2) is 23.4 Å². The van der Waals surface area contributed by atoms with Crippen molar-refractivity contribution in [3.63, 3.8) is 0 Å². The van der Waals surface area contributed by atoms with Gasteiger partial charge >= 0.3 is 0 Å². The van der Waals surface area contributed by atoms with Crippen LogP contribution in [0.3, 0.4) is 0 Å². The van der Waals surface area contributed by atoms with Crippen molar-refractivity contribution in [1.82, 2.24) is 3.34 Å². The Hall–Kier alpha value is 0.780. The quantitative estimate of drug-likeness (QED) is 0.520. The van der Waals surface area contributed by atoms with Gasteiger partial charge in [-0.2, -0.15) is 0 Å². The van der Waals surface area contributed by atoms with Gasteiger partial charge in [-0.25, -0.2) is 8.42 Å². The van der Waals surface area contributed by atoms with E-state index in [0.717, 1.165) is 0 Å². The van der Waals surface area contributed by atoms with E-state index in [1.807, 2.05) is 0 Å². The average Bonchev–Trinajstić information content (AvgIpc) is 1.65. The van der Waals surface area contributed by atoms with Crippen LogP contribution >= 0.6 is 35.2 Å². The predicted molar refractivity (Wildman–Crippen MR) is 38.1 cm³/mol. The third kappa shape index (κ3) is 3.47. The molecule has 56 valence electrons. The van der Waals surface area contributed by atoms with E-state index in [2.05, 4.69) is 0 Å². The maximum absolute atomic E-state index is 10.5. The average molecular weight is 212 g/mol. The lowest BCUT2D eigenvalue weighted by Gasteiger charge is -2.01. The zero-order valence-electron chi connectivity index (χ0n) is 4.22. The highest BCUT2D eigenvalue weighted by Crippen LogP contribution is 2.08. The van der Waals surface area contributed by atoms with Crippen LogP contribution in [0, 0.1) is 0 Å². The van der Waals surface area contributed by atoms with Crippen LogP contribution in [0.15, 0.2) is 0 Å². The van der Waals surface area contributed by atoms with Crippen molar-refractivity contribution in [2.45, 2.75) is 0 Å². The number of halogens is 3. The second-order valence-electron chi connectivity index (χ2n) is 1.18. The standard InChI is InChI=1S/C2H4Cl3NO2S/c3-1-2-9(7,8)6(4)5/h1-2H2. The molecular formula is C2H4Cl3NO2S. The monoisotopic (exact) mass is 211 g/mol. The van der Waals surface area contributed by atoms with Gasteiger partial charge in [-0.1, -0.05) is 0 Å². The Morgan fingerprint density at radius 1 is 1.33 bits per heavy atom. The molecule has 0 aliphatic rings. The van der Waals surface area contributed by atoms with Crippen molar-refractivity contribution in [3.8, 4) is 0 Å². The highest BCUT2D eigenvalue weighted by Gasteiger charge is 2.16. The molecule has 0 rings (SSSR count). The molecule has 0 N–H and O–H groups in total. The fourth-order valence-corrected chi connectivity index (χ4v) is 1.50. The van der Waals surface area contributed by atoms with Crippen LogP contribution in [0.25, 0.3) is 0 Å². The molecule has 0 heterocycles. The minimum atomic E-state index is -3.52. The van der Waals surface area contributed by atoms with Gasteiger partial charge in [0.05, 0.1) is 5.75 Å². The first-order chi connectivity index (χ1) is 4.00. The molecule has 9 heavy (non-hydrogen) atoms. The normalized spacial score (nSPS) is 12.4. The van der Waals surface area contributed by atoms with Crippen molar-refractivity contribution < 1.29 is 8.42 Å². The number of hydrogen-bond acceptors (Lipinski definition) is 2. The largest absolute Gasteiger partial charge is 0.242 e. The summed E-state index contributed by atoms with van der Waals surface area (Å²) < 4.78 is 21.1. The van der Waals surface area contributed by atoms with E-state index in [4.69, 9.17) is 35.2 Å². The molecule has 7 heteroatoms. The van der Waals surface area contributed by atoms with E-state index < -0.39 is 10.0 Å². The van der Waals surface area contributed by atoms with Crippen molar-refractivity contribution in [2.75, 3.05) is 11.6 Å². The molecule has 0 saturated heterocycles. The zero-order valence-corrected chi connectivity index (χ0v) is 7.30. The van der Waals surface area contributed by atoms with Gasteiger partial charge in [0, 0.05) is 29.4 Å². The summed E-state index contributed by atoms with van der Waals surface area (Å²) >= 11 is 14.9. The second-order valence-corrected chi connectivity index (χ2v) is 4.74. The Morgan fingerprint density at radius 3 is 1.89 bits per heavy atom. The van der Waals surface area contributed by atoms with Crippen LogP contribution in [0.4, 0.5) is 0 Å². The molecule has 0 saturated carbocycles. The van der Waals surface area contributed by atoms with Gasteiger partial charge < -0.3 is 0 Å². The van der Waals surface area contributed by atoms with Crippen molar-refractivity contribution >= 4 is 45.2 Å². The first-order valence-electron chi connectivity index (χ1n) is 1.91. The minimum Gasteiger partial charge on any atom is -0.210 e. The molecular weight excluding hydrogens is 208 g/mol. The molecule has 3 nitrogen and oxygen atoms in total. The molecule has 0 aromatic carbocycles. The topological polar surface area (TPSA) is 37.4 Å². The first-order valence-corrected chi connectivity index (χ1v) is 4.73.